The van der Waals surface area contributed by atoms with Crippen molar-refractivity contribution in [2.45, 2.75) is 25.9 Å². The number of nitrogens with one attached hydrogen (secondary N) is 1. The first-order chi connectivity index (χ1) is 9.98. The molecule has 0 unspecified atom stereocenters. The lowest BCUT2D eigenvalue weighted by Crippen LogP contribution is -2.32. The Labute approximate surface area is 128 Å². The molecular weight excluding hydrogens is 312 g/mol. The fraction of sp³-hybridized carbons (Fsp3) is 0.462. The van der Waals surface area contributed by atoms with Gasteiger partial charge in [-0.05, 0) is 26.0 Å². The standard InChI is InChI=1S/C13H18N2O6S/c1-13(2,8-9-22(3,19)20)21-12(16)14-10-4-6-11(7-5-10)15(17)18/h4-7H,8-9H2,1-3H3,(H,14,16). The first kappa shape index (κ1) is 17.9. The number of rotatable bonds is 6. The number of ether oxygens (including phenoxy) is 1. The van der Waals surface area contributed by atoms with E-state index < -0.39 is 26.5 Å². The lowest BCUT2D eigenvalue weighted by atomic mass is 10.1. The molecular formula is C13H18N2O6S. The Morgan fingerprint density at radius 1 is 1.32 bits per heavy atom. The average Bonchev–Trinajstić information content (AvgIpc) is 2.35. The number of nitro benzene ring substituents is 1. The van der Waals surface area contributed by atoms with Gasteiger partial charge in [-0.25, -0.2) is 13.2 Å². The van der Waals surface area contributed by atoms with Crippen molar-refractivity contribution in [2.75, 3.05) is 17.3 Å². The Morgan fingerprint density at radius 2 is 1.86 bits per heavy atom. The molecule has 122 valence electrons. The molecule has 0 saturated carbocycles. The van der Waals surface area contributed by atoms with Gasteiger partial charge in [0.05, 0.1) is 10.7 Å². The Hall–Kier alpha value is -2.16. The molecule has 22 heavy (non-hydrogen) atoms. The molecule has 0 fully saturated rings. The fourth-order valence-electron chi connectivity index (χ4n) is 1.54. The van der Waals surface area contributed by atoms with E-state index in [0.29, 0.717) is 5.69 Å². The Morgan fingerprint density at radius 3 is 2.32 bits per heavy atom. The van der Waals surface area contributed by atoms with E-state index in [2.05, 4.69) is 5.32 Å². The van der Waals surface area contributed by atoms with E-state index in [4.69, 9.17) is 4.74 Å². The number of carbonyl (C=O) groups is 1. The zero-order chi connectivity index (χ0) is 17.0. The molecule has 0 heterocycles. The minimum Gasteiger partial charge on any atom is -0.443 e. The van der Waals surface area contributed by atoms with Gasteiger partial charge in [0, 0.05) is 30.5 Å². The van der Waals surface area contributed by atoms with Crippen LogP contribution in [0.2, 0.25) is 0 Å². The van der Waals surface area contributed by atoms with Gasteiger partial charge in [0.1, 0.15) is 15.4 Å². The van der Waals surface area contributed by atoms with E-state index in [1.807, 2.05) is 0 Å². The number of amides is 1. The van der Waals surface area contributed by atoms with Gasteiger partial charge >= 0.3 is 6.09 Å². The first-order valence-corrected chi connectivity index (χ1v) is 8.47. The molecule has 1 aromatic rings. The highest BCUT2D eigenvalue weighted by Gasteiger charge is 2.24. The van der Waals surface area contributed by atoms with Crippen LogP contribution in [0, 0.1) is 10.1 Å². The van der Waals surface area contributed by atoms with Crippen molar-refractivity contribution in [1.82, 2.24) is 0 Å². The van der Waals surface area contributed by atoms with Gasteiger partial charge in [-0.2, -0.15) is 0 Å². The van der Waals surface area contributed by atoms with Crippen molar-refractivity contribution in [2.24, 2.45) is 0 Å². The van der Waals surface area contributed by atoms with Gasteiger partial charge in [-0.1, -0.05) is 0 Å². The maximum Gasteiger partial charge on any atom is 0.412 e. The van der Waals surface area contributed by atoms with Crippen molar-refractivity contribution >= 4 is 27.3 Å². The number of nitrogens with zero attached hydrogens (tertiary/aromatic N) is 1. The van der Waals surface area contributed by atoms with Gasteiger partial charge < -0.3 is 4.74 Å². The van der Waals surface area contributed by atoms with E-state index in [0.717, 1.165) is 6.26 Å². The second-order valence-electron chi connectivity index (χ2n) is 5.46. The van der Waals surface area contributed by atoms with Crippen LogP contribution in [0.4, 0.5) is 16.2 Å². The Kier molecular flexibility index (Phi) is 5.48. The Bertz CT molecular complexity index is 652. The number of sulfone groups is 1. The molecule has 1 N–H and O–H groups in total. The summed E-state index contributed by atoms with van der Waals surface area (Å²) in [6, 6.07) is 5.26. The molecule has 0 saturated heterocycles. The third-order valence-electron chi connectivity index (χ3n) is 2.77. The van der Waals surface area contributed by atoms with Crippen LogP contribution in [0.5, 0.6) is 0 Å². The maximum absolute atomic E-state index is 11.8. The van der Waals surface area contributed by atoms with Crippen molar-refractivity contribution in [3.8, 4) is 0 Å². The molecule has 1 amide bonds. The number of carbonyl (C=O) groups excluding carboxylic acids is 1. The summed E-state index contributed by atoms with van der Waals surface area (Å²) < 4.78 is 27.4. The summed E-state index contributed by atoms with van der Waals surface area (Å²) in [5, 5.41) is 12.9. The van der Waals surface area contributed by atoms with Crippen LogP contribution in [0.25, 0.3) is 0 Å². The van der Waals surface area contributed by atoms with Gasteiger partial charge in [0.2, 0.25) is 0 Å². The average molecular weight is 330 g/mol. The predicted octanol–water partition coefficient (Wildman–Crippen LogP) is 2.36. The third kappa shape index (κ3) is 6.53. The molecule has 0 aliphatic heterocycles. The lowest BCUT2D eigenvalue weighted by molar-refractivity contribution is -0.384. The minimum atomic E-state index is -3.14. The predicted molar refractivity (Wildman–Crippen MR) is 81.6 cm³/mol. The largest absolute Gasteiger partial charge is 0.443 e. The van der Waals surface area contributed by atoms with Crippen molar-refractivity contribution in [1.29, 1.82) is 0 Å². The molecule has 9 heteroatoms. The summed E-state index contributed by atoms with van der Waals surface area (Å²) >= 11 is 0. The van der Waals surface area contributed by atoms with Crippen molar-refractivity contribution in [3.05, 3.63) is 34.4 Å². The summed E-state index contributed by atoms with van der Waals surface area (Å²) in [5.41, 5.74) is -0.699. The normalized spacial score (nSPS) is 11.8. The van der Waals surface area contributed by atoms with Crippen molar-refractivity contribution in [3.63, 3.8) is 0 Å². The summed E-state index contributed by atoms with van der Waals surface area (Å²) in [7, 11) is -3.14. The summed E-state index contributed by atoms with van der Waals surface area (Å²) in [6.45, 7) is 3.21. The number of non-ortho nitro benzene ring substituents is 1. The molecule has 0 spiro atoms. The summed E-state index contributed by atoms with van der Waals surface area (Å²) in [5.74, 6) is -0.0924. The molecule has 0 atom stereocenters. The molecule has 8 nitrogen and oxygen atoms in total. The quantitative estimate of drug-likeness (QED) is 0.632. The van der Waals surface area contributed by atoms with E-state index in [1.54, 1.807) is 13.8 Å². The van der Waals surface area contributed by atoms with Gasteiger partial charge in [-0.15, -0.1) is 0 Å². The summed E-state index contributed by atoms with van der Waals surface area (Å²) in [4.78, 5) is 21.7. The smallest absolute Gasteiger partial charge is 0.412 e. The van der Waals surface area contributed by atoms with Crippen LogP contribution in [0.1, 0.15) is 20.3 Å². The number of benzene rings is 1. The molecule has 0 aromatic heterocycles. The third-order valence-corrected chi connectivity index (χ3v) is 3.71. The molecule has 0 aliphatic rings. The SMILES string of the molecule is CC(C)(CCS(C)(=O)=O)OC(=O)Nc1ccc([N+](=O)[O-])cc1. The van der Waals surface area contributed by atoms with Gasteiger partial charge in [0.25, 0.3) is 5.69 Å². The highest BCUT2D eigenvalue weighted by molar-refractivity contribution is 7.90. The van der Waals surface area contributed by atoms with E-state index >= 15 is 0 Å². The monoisotopic (exact) mass is 330 g/mol. The minimum absolute atomic E-state index is 0.0904. The number of hydrogen-bond acceptors (Lipinski definition) is 6. The maximum atomic E-state index is 11.8. The van der Waals surface area contributed by atoms with Gasteiger partial charge in [0.15, 0.2) is 0 Å². The molecule has 0 bridgehead atoms. The second kappa shape index (κ2) is 6.73. The van der Waals surface area contributed by atoms with Crippen LogP contribution in [0.15, 0.2) is 24.3 Å². The van der Waals surface area contributed by atoms with E-state index in [1.165, 1.54) is 24.3 Å². The number of anilines is 1. The Balaban J connectivity index is 2.59. The van der Waals surface area contributed by atoms with Crippen LogP contribution in [-0.2, 0) is 14.6 Å². The highest BCUT2D eigenvalue weighted by Crippen LogP contribution is 2.19. The number of hydrogen-bond donors (Lipinski definition) is 1. The molecule has 1 aromatic carbocycles. The van der Waals surface area contributed by atoms with Gasteiger partial charge in [-0.3, -0.25) is 15.4 Å². The zero-order valence-corrected chi connectivity index (χ0v) is 13.3. The lowest BCUT2D eigenvalue weighted by Gasteiger charge is -2.24. The zero-order valence-electron chi connectivity index (χ0n) is 12.5. The highest BCUT2D eigenvalue weighted by atomic mass is 32.2. The molecule has 1 rings (SSSR count). The fourth-order valence-corrected chi connectivity index (χ4v) is 2.41. The van der Waals surface area contributed by atoms with Crippen LogP contribution in [0.3, 0.4) is 0 Å². The van der Waals surface area contributed by atoms with E-state index in [9.17, 15) is 23.3 Å². The van der Waals surface area contributed by atoms with Crippen LogP contribution >= 0.6 is 0 Å². The summed E-state index contributed by atoms with van der Waals surface area (Å²) in [6.07, 6.45) is 0.520. The molecule has 0 radical (unpaired) electrons. The number of nitro groups is 1. The van der Waals surface area contributed by atoms with E-state index in [-0.39, 0.29) is 17.9 Å². The molecule has 0 aliphatic carbocycles. The second-order valence-corrected chi connectivity index (χ2v) is 7.72. The van der Waals surface area contributed by atoms with Crippen LogP contribution < -0.4 is 5.32 Å². The van der Waals surface area contributed by atoms with Crippen molar-refractivity contribution < 1.29 is 22.9 Å². The first-order valence-electron chi connectivity index (χ1n) is 6.41. The van der Waals surface area contributed by atoms with Crippen LogP contribution in [-0.4, -0.2) is 37.0 Å². The topological polar surface area (TPSA) is 116 Å².